The quantitative estimate of drug-likeness (QED) is 0.195. The summed E-state index contributed by atoms with van der Waals surface area (Å²) in [6.07, 6.45) is -0.369. The Balaban J connectivity index is 2.74. The molecular weight excluding hydrogens is 418 g/mol. The van der Waals surface area contributed by atoms with Crippen molar-refractivity contribution in [1.82, 2.24) is 10.6 Å². The molecule has 2 atom stereocenters. The number of benzene rings is 1. The lowest BCUT2D eigenvalue weighted by atomic mass is 9.99. The third-order valence-electron chi connectivity index (χ3n) is 4.41. The van der Waals surface area contributed by atoms with E-state index in [-0.39, 0.29) is 18.9 Å². The van der Waals surface area contributed by atoms with Crippen molar-refractivity contribution < 1.29 is 33.4 Å². The highest BCUT2D eigenvalue weighted by Crippen LogP contribution is 2.08. The summed E-state index contributed by atoms with van der Waals surface area (Å²) < 4.78 is 14.1. The second-order valence-corrected chi connectivity index (χ2v) is 7.61. The van der Waals surface area contributed by atoms with Gasteiger partial charge in [0.05, 0.1) is 0 Å². The van der Waals surface area contributed by atoms with Crippen molar-refractivity contribution in [3.8, 4) is 0 Å². The molecule has 0 saturated heterocycles. The van der Waals surface area contributed by atoms with Crippen LogP contribution >= 0.6 is 0 Å². The minimum Gasteiger partial charge on any atom is -0.441 e. The number of alkyl carbamates (subject to hydrolysis) is 1. The van der Waals surface area contributed by atoms with Gasteiger partial charge >= 0.3 is 6.09 Å². The zero-order valence-electron chi connectivity index (χ0n) is 18.8. The lowest BCUT2D eigenvalue weighted by molar-refractivity contribution is -0.138. The van der Waals surface area contributed by atoms with Gasteiger partial charge in [0.2, 0.25) is 11.7 Å². The van der Waals surface area contributed by atoms with E-state index in [9.17, 15) is 19.2 Å². The largest absolute Gasteiger partial charge is 0.441 e. The topological polar surface area (TPSA) is 150 Å². The SMILES string of the molecule is COCC[OH+]CCOC(=O)N[C@@H](CC(C)C)C(=O)NC(Cc1ccccc1)C(=O)C(N)=O. The van der Waals surface area contributed by atoms with Gasteiger partial charge in [-0.1, -0.05) is 44.2 Å². The number of ketones is 1. The Labute approximate surface area is 188 Å². The molecule has 178 valence electrons. The summed E-state index contributed by atoms with van der Waals surface area (Å²) >= 11 is 0. The van der Waals surface area contributed by atoms with E-state index >= 15 is 0 Å². The molecule has 1 aromatic rings. The van der Waals surface area contributed by atoms with Crippen LogP contribution in [0.25, 0.3) is 0 Å². The number of amides is 3. The standard InChI is InChI=1S/C22H33N3O7/c1-15(2)13-18(25-22(29)32-12-11-31-10-9-30-3)21(28)24-17(19(26)20(23)27)14-16-7-5-4-6-8-16/h4-8,15,17-18H,9-14H2,1-3H3,(H2,23,27)(H,24,28)(H,25,29)/p+1/t17?,18-/m0/s1. The summed E-state index contributed by atoms with van der Waals surface area (Å²) in [7, 11) is 1.57. The fourth-order valence-corrected chi connectivity index (χ4v) is 2.86. The maximum atomic E-state index is 12.9. The number of rotatable bonds is 15. The molecule has 10 nitrogen and oxygen atoms in total. The Morgan fingerprint density at radius 3 is 2.25 bits per heavy atom. The zero-order valence-corrected chi connectivity index (χ0v) is 18.8. The number of nitrogens with two attached hydrogens (primary N) is 1. The maximum Gasteiger partial charge on any atom is 0.408 e. The van der Waals surface area contributed by atoms with E-state index in [1.165, 1.54) is 0 Å². The summed E-state index contributed by atoms with van der Waals surface area (Å²) in [6.45, 7) is 5.12. The Morgan fingerprint density at radius 2 is 1.66 bits per heavy atom. The number of Topliss-reactive ketones (excluding diaryl/α,β-unsaturated/α-hetero) is 1. The first-order chi connectivity index (χ1) is 15.2. The van der Waals surface area contributed by atoms with Crippen LogP contribution in [0, 0.1) is 5.92 Å². The Morgan fingerprint density at radius 1 is 1.00 bits per heavy atom. The number of methoxy groups -OCH3 is 1. The molecule has 32 heavy (non-hydrogen) atoms. The Kier molecular flexibility index (Phi) is 12.6. The summed E-state index contributed by atoms with van der Waals surface area (Å²) in [5.74, 6) is -2.59. The van der Waals surface area contributed by atoms with E-state index < -0.39 is 35.8 Å². The number of aliphatic hydroxyl groups is 2. The van der Waals surface area contributed by atoms with Gasteiger partial charge in [0.1, 0.15) is 18.7 Å². The second-order valence-electron chi connectivity index (χ2n) is 7.61. The number of carbonyl (C=O) groups is 4. The van der Waals surface area contributed by atoms with Crippen LogP contribution < -0.4 is 16.4 Å². The van der Waals surface area contributed by atoms with Crippen LogP contribution in [-0.4, -0.2) is 74.0 Å². The van der Waals surface area contributed by atoms with Crippen molar-refractivity contribution in [2.24, 2.45) is 11.7 Å². The Bertz CT molecular complexity index is 740. The van der Waals surface area contributed by atoms with Gasteiger partial charge in [-0.3, -0.25) is 14.4 Å². The van der Waals surface area contributed by atoms with E-state index in [4.69, 9.17) is 15.2 Å². The van der Waals surface area contributed by atoms with Crippen LogP contribution in [0.15, 0.2) is 30.3 Å². The Hall–Kier alpha value is -2.98. The second kappa shape index (κ2) is 14.9. The predicted molar refractivity (Wildman–Crippen MR) is 118 cm³/mol. The molecule has 0 aliphatic heterocycles. The first-order valence-electron chi connectivity index (χ1n) is 10.5. The first kappa shape index (κ1) is 27.1. The molecule has 1 unspecified atom stereocenters. The zero-order chi connectivity index (χ0) is 23.9. The van der Waals surface area contributed by atoms with Crippen LogP contribution in [-0.2, 0) is 30.3 Å². The molecule has 1 aromatic carbocycles. The molecule has 0 radical (unpaired) electrons. The van der Waals surface area contributed by atoms with Crippen molar-refractivity contribution in [2.45, 2.75) is 38.8 Å². The summed E-state index contributed by atoms with van der Waals surface area (Å²) in [5.41, 5.74) is 5.90. The van der Waals surface area contributed by atoms with Crippen LogP contribution in [0.1, 0.15) is 25.8 Å². The number of carbonyl (C=O) groups excluding carboxylic acids is 4. The van der Waals surface area contributed by atoms with E-state index in [0.29, 0.717) is 26.2 Å². The summed E-state index contributed by atoms with van der Waals surface area (Å²) in [4.78, 5) is 48.7. The monoisotopic (exact) mass is 452 g/mol. The number of primary amides is 1. The molecule has 1 rings (SSSR count). The highest BCUT2D eigenvalue weighted by atomic mass is 16.6. The number of ether oxygens (including phenoxy) is 3. The summed E-state index contributed by atoms with van der Waals surface area (Å²) in [5, 5.41) is 5.08. The number of hydrogen-bond acceptors (Lipinski definition) is 6. The van der Waals surface area contributed by atoms with E-state index in [2.05, 4.69) is 15.4 Å². The van der Waals surface area contributed by atoms with Crippen LogP contribution in [0.2, 0.25) is 0 Å². The molecule has 0 bridgehead atoms. The van der Waals surface area contributed by atoms with Gasteiger partial charge in [-0.15, -0.1) is 0 Å². The third kappa shape index (κ3) is 10.9. The molecule has 0 heterocycles. The van der Waals surface area contributed by atoms with Gasteiger partial charge in [-0.05, 0) is 17.9 Å². The minimum absolute atomic E-state index is 0.0579. The molecule has 10 heteroatoms. The smallest absolute Gasteiger partial charge is 0.408 e. The molecule has 3 amide bonds. The predicted octanol–water partition coefficient (Wildman–Crippen LogP) is 0.0836. The molecule has 5 N–H and O–H groups in total. The van der Waals surface area contributed by atoms with Gasteiger partial charge in [0.15, 0.2) is 19.8 Å². The maximum absolute atomic E-state index is 12.9. The van der Waals surface area contributed by atoms with Crippen molar-refractivity contribution in [3.05, 3.63) is 35.9 Å². The molecule has 0 saturated carbocycles. The van der Waals surface area contributed by atoms with Gasteiger partial charge < -0.3 is 30.6 Å². The van der Waals surface area contributed by atoms with Gasteiger partial charge in [-0.2, -0.15) is 0 Å². The molecule has 0 aliphatic rings. The van der Waals surface area contributed by atoms with Crippen LogP contribution in [0.3, 0.4) is 0 Å². The normalized spacial score (nSPS) is 12.6. The van der Waals surface area contributed by atoms with E-state index in [1.807, 2.05) is 19.9 Å². The van der Waals surface area contributed by atoms with Crippen molar-refractivity contribution in [2.75, 3.05) is 33.5 Å². The van der Waals surface area contributed by atoms with E-state index in [1.54, 1.807) is 31.4 Å². The number of hydrogen-bond donors (Lipinski definition) is 3. The van der Waals surface area contributed by atoms with Gasteiger partial charge in [-0.25, -0.2) is 4.79 Å². The summed E-state index contributed by atoms with van der Waals surface area (Å²) in [6, 6.07) is 6.82. The number of nitrogens with one attached hydrogen (secondary N) is 2. The third-order valence-corrected chi connectivity index (χ3v) is 4.41. The van der Waals surface area contributed by atoms with Gasteiger partial charge in [0.25, 0.3) is 5.91 Å². The highest BCUT2D eigenvalue weighted by Gasteiger charge is 2.30. The molecule has 0 fully saturated rings. The lowest BCUT2D eigenvalue weighted by Gasteiger charge is -2.23. The van der Waals surface area contributed by atoms with E-state index in [0.717, 1.165) is 5.56 Å². The molecule has 0 spiro atoms. The van der Waals surface area contributed by atoms with Gasteiger partial charge in [0, 0.05) is 13.5 Å². The van der Waals surface area contributed by atoms with Crippen LogP contribution in [0.5, 0.6) is 0 Å². The highest BCUT2D eigenvalue weighted by molar-refractivity contribution is 6.37. The fourth-order valence-electron chi connectivity index (χ4n) is 2.86. The molecule has 0 aromatic heterocycles. The molecule has 0 aliphatic carbocycles. The minimum atomic E-state index is -1.14. The average molecular weight is 453 g/mol. The first-order valence-corrected chi connectivity index (χ1v) is 10.5. The van der Waals surface area contributed by atoms with Crippen molar-refractivity contribution >= 4 is 23.7 Å². The lowest BCUT2D eigenvalue weighted by Crippen LogP contribution is -2.54. The van der Waals surface area contributed by atoms with Crippen molar-refractivity contribution in [3.63, 3.8) is 0 Å². The fraction of sp³-hybridized carbons (Fsp3) is 0.545. The van der Waals surface area contributed by atoms with Crippen molar-refractivity contribution in [1.29, 1.82) is 0 Å². The molecular formula is C22H34N3O7+. The average Bonchev–Trinajstić information content (AvgIpc) is 2.75. The van der Waals surface area contributed by atoms with Crippen LogP contribution in [0.4, 0.5) is 4.79 Å².